The highest BCUT2D eigenvalue weighted by Gasteiger charge is 2.36. The number of carbonyl (C=O) groups is 2. The molecule has 0 saturated carbocycles. The number of ether oxygens (including phenoxy) is 1. The highest BCUT2D eigenvalue weighted by molar-refractivity contribution is 6.01. The van der Waals surface area contributed by atoms with Gasteiger partial charge in [-0.25, -0.2) is 4.79 Å². The Morgan fingerprint density at radius 2 is 1.88 bits per heavy atom. The fourth-order valence-electron chi connectivity index (χ4n) is 1.76. The molecule has 1 N–H and O–H groups in total. The van der Waals surface area contributed by atoms with Gasteiger partial charge in [0.05, 0.1) is 17.1 Å². The third-order valence-electron chi connectivity index (χ3n) is 2.98. The summed E-state index contributed by atoms with van der Waals surface area (Å²) in [5.41, 5.74) is -4.37. The maximum absolute atomic E-state index is 12.6. The first-order valence-electron chi connectivity index (χ1n) is 6.75. The summed E-state index contributed by atoms with van der Waals surface area (Å²) in [6, 6.07) is 1.52. The van der Waals surface area contributed by atoms with Crippen molar-refractivity contribution in [1.29, 1.82) is 0 Å². The van der Waals surface area contributed by atoms with Crippen LogP contribution in [-0.2, 0) is 15.7 Å². The van der Waals surface area contributed by atoms with Gasteiger partial charge in [-0.15, -0.1) is 0 Å². The Kier molecular flexibility index (Phi) is 5.54. The van der Waals surface area contributed by atoms with Crippen LogP contribution in [-0.4, -0.2) is 28.9 Å². The van der Waals surface area contributed by atoms with E-state index in [1.807, 2.05) is 0 Å². The number of carbonyl (C=O) groups excluding carboxylic acids is 2. The summed E-state index contributed by atoms with van der Waals surface area (Å²) in [6.07, 6.45) is -4.79. The number of hydrogen-bond donors (Lipinski definition) is 1. The molecular formula is C14H15F3N2O5. The topological polar surface area (TPSA) is 98.5 Å². The summed E-state index contributed by atoms with van der Waals surface area (Å²) in [6.45, 7) is 4.21. The van der Waals surface area contributed by atoms with Crippen LogP contribution in [0.25, 0.3) is 0 Å². The lowest BCUT2D eigenvalue weighted by molar-refractivity contribution is -0.385. The van der Waals surface area contributed by atoms with Crippen LogP contribution in [0.4, 0.5) is 18.9 Å². The minimum Gasteiger partial charge on any atom is -0.464 e. The average molecular weight is 348 g/mol. The van der Waals surface area contributed by atoms with E-state index in [0.717, 1.165) is 0 Å². The lowest BCUT2D eigenvalue weighted by Gasteiger charge is -2.23. The molecule has 0 aromatic heterocycles. The van der Waals surface area contributed by atoms with Gasteiger partial charge in [-0.1, -0.05) is 0 Å². The Hall–Kier alpha value is -2.65. The summed E-state index contributed by atoms with van der Waals surface area (Å²) in [4.78, 5) is 33.7. The van der Waals surface area contributed by atoms with Gasteiger partial charge in [-0.05, 0) is 32.9 Å². The first-order valence-corrected chi connectivity index (χ1v) is 6.75. The first-order chi connectivity index (χ1) is 10.9. The molecule has 0 unspecified atom stereocenters. The molecule has 1 aromatic rings. The fourth-order valence-corrected chi connectivity index (χ4v) is 1.76. The van der Waals surface area contributed by atoms with E-state index in [9.17, 15) is 32.9 Å². The van der Waals surface area contributed by atoms with Crippen LogP contribution in [0.15, 0.2) is 18.2 Å². The number of nitro benzene ring substituents is 1. The van der Waals surface area contributed by atoms with Crippen LogP contribution in [0.3, 0.4) is 0 Å². The Bertz CT molecular complexity index is 671. The third kappa shape index (κ3) is 4.43. The Morgan fingerprint density at radius 3 is 2.33 bits per heavy atom. The molecular weight excluding hydrogens is 333 g/mol. The van der Waals surface area contributed by atoms with Gasteiger partial charge in [0.1, 0.15) is 11.1 Å². The molecule has 0 bridgehead atoms. The molecule has 1 amide bonds. The van der Waals surface area contributed by atoms with Crippen molar-refractivity contribution in [3.8, 4) is 0 Å². The van der Waals surface area contributed by atoms with Crippen LogP contribution < -0.4 is 5.32 Å². The van der Waals surface area contributed by atoms with Gasteiger partial charge in [0.25, 0.3) is 11.6 Å². The van der Waals surface area contributed by atoms with E-state index in [0.29, 0.717) is 12.1 Å². The average Bonchev–Trinajstić information content (AvgIpc) is 2.45. The van der Waals surface area contributed by atoms with E-state index < -0.39 is 45.3 Å². The van der Waals surface area contributed by atoms with E-state index in [1.54, 1.807) is 6.92 Å². The first kappa shape index (κ1) is 19.4. The van der Waals surface area contributed by atoms with Crippen LogP contribution in [0, 0.1) is 10.1 Å². The van der Waals surface area contributed by atoms with E-state index in [2.05, 4.69) is 5.32 Å². The predicted octanol–water partition coefficient (Wildman–Crippen LogP) is 2.69. The van der Waals surface area contributed by atoms with Gasteiger partial charge in [0.2, 0.25) is 0 Å². The van der Waals surface area contributed by atoms with Crippen LogP contribution in [0.2, 0.25) is 0 Å². The molecule has 7 nitrogen and oxygen atoms in total. The molecule has 1 aromatic carbocycles. The monoisotopic (exact) mass is 348 g/mol. The van der Waals surface area contributed by atoms with Gasteiger partial charge in [-0.3, -0.25) is 14.9 Å². The van der Waals surface area contributed by atoms with Crippen molar-refractivity contribution in [2.75, 3.05) is 6.61 Å². The summed E-state index contributed by atoms with van der Waals surface area (Å²) in [5, 5.41) is 13.2. The number of nitro groups is 1. The summed E-state index contributed by atoms with van der Waals surface area (Å²) < 4.78 is 42.7. The number of alkyl halides is 3. The lowest BCUT2D eigenvalue weighted by atomic mass is 10.0. The van der Waals surface area contributed by atoms with E-state index >= 15 is 0 Å². The van der Waals surface area contributed by atoms with Gasteiger partial charge < -0.3 is 10.1 Å². The Labute approximate surface area is 134 Å². The van der Waals surface area contributed by atoms with Crippen molar-refractivity contribution in [2.24, 2.45) is 0 Å². The standard InChI is InChI=1S/C14H15F3N2O5/c1-4-24-12(21)13(2,3)18-11(20)9-6-5-8(14(15,16)17)7-10(9)19(22)23/h5-7H,4H2,1-3H3,(H,18,20). The van der Waals surface area contributed by atoms with Crippen molar-refractivity contribution in [3.63, 3.8) is 0 Å². The van der Waals surface area contributed by atoms with Crippen LogP contribution in [0.1, 0.15) is 36.7 Å². The number of halogens is 3. The zero-order valence-corrected chi connectivity index (χ0v) is 13.1. The van der Waals surface area contributed by atoms with Crippen LogP contribution in [0.5, 0.6) is 0 Å². The maximum Gasteiger partial charge on any atom is 0.416 e. The molecule has 0 spiro atoms. The van der Waals surface area contributed by atoms with Crippen molar-refractivity contribution >= 4 is 17.6 Å². The van der Waals surface area contributed by atoms with Gasteiger partial charge in [-0.2, -0.15) is 13.2 Å². The molecule has 0 aliphatic carbocycles. The zero-order chi connectivity index (χ0) is 18.7. The Morgan fingerprint density at radius 1 is 1.29 bits per heavy atom. The van der Waals surface area contributed by atoms with Gasteiger partial charge in [0.15, 0.2) is 0 Å². The second kappa shape index (κ2) is 6.85. The summed E-state index contributed by atoms with van der Waals surface area (Å²) >= 11 is 0. The van der Waals surface area contributed by atoms with Crippen molar-refractivity contribution < 1.29 is 32.4 Å². The van der Waals surface area contributed by atoms with Gasteiger partial charge in [0, 0.05) is 6.07 Å². The minimum atomic E-state index is -4.79. The van der Waals surface area contributed by atoms with Crippen molar-refractivity contribution in [1.82, 2.24) is 5.32 Å². The summed E-state index contributed by atoms with van der Waals surface area (Å²) in [7, 11) is 0. The number of nitrogens with one attached hydrogen (secondary N) is 1. The number of benzene rings is 1. The molecule has 24 heavy (non-hydrogen) atoms. The molecule has 0 radical (unpaired) electrons. The molecule has 0 aliphatic rings. The fraction of sp³-hybridized carbons (Fsp3) is 0.429. The minimum absolute atomic E-state index is 0.0541. The second-order valence-electron chi connectivity index (χ2n) is 5.29. The number of nitrogens with zero attached hydrogens (tertiary/aromatic N) is 1. The molecule has 0 fully saturated rings. The SMILES string of the molecule is CCOC(=O)C(C)(C)NC(=O)c1ccc(C(F)(F)F)cc1[N+](=O)[O-]. The quantitative estimate of drug-likeness (QED) is 0.501. The van der Waals surface area contributed by atoms with Crippen molar-refractivity contribution in [3.05, 3.63) is 39.4 Å². The third-order valence-corrected chi connectivity index (χ3v) is 2.98. The number of rotatable bonds is 5. The Balaban J connectivity index is 3.19. The molecule has 0 atom stereocenters. The van der Waals surface area contributed by atoms with E-state index in [-0.39, 0.29) is 12.7 Å². The molecule has 132 valence electrons. The van der Waals surface area contributed by atoms with Gasteiger partial charge >= 0.3 is 12.1 Å². The largest absolute Gasteiger partial charge is 0.464 e. The van der Waals surface area contributed by atoms with Crippen LogP contribution >= 0.6 is 0 Å². The van der Waals surface area contributed by atoms with Crippen molar-refractivity contribution in [2.45, 2.75) is 32.5 Å². The molecule has 0 aliphatic heterocycles. The van der Waals surface area contributed by atoms with E-state index in [1.165, 1.54) is 13.8 Å². The number of hydrogen-bond acceptors (Lipinski definition) is 5. The smallest absolute Gasteiger partial charge is 0.416 e. The van der Waals surface area contributed by atoms with E-state index in [4.69, 9.17) is 4.74 Å². The number of amides is 1. The normalized spacial score (nSPS) is 11.8. The second-order valence-corrected chi connectivity index (χ2v) is 5.29. The number of esters is 1. The lowest BCUT2D eigenvalue weighted by Crippen LogP contribution is -2.50. The molecule has 0 saturated heterocycles. The zero-order valence-electron chi connectivity index (χ0n) is 13.1. The molecule has 0 heterocycles. The maximum atomic E-state index is 12.6. The molecule has 1 rings (SSSR count). The summed E-state index contributed by atoms with van der Waals surface area (Å²) in [5.74, 6) is -1.85. The highest BCUT2D eigenvalue weighted by Crippen LogP contribution is 2.33. The molecule has 10 heteroatoms. The predicted molar refractivity (Wildman–Crippen MR) is 76.3 cm³/mol. The highest BCUT2D eigenvalue weighted by atomic mass is 19.4.